The summed E-state index contributed by atoms with van der Waals surface area (Å²) in [4.78, 5) is 2.25. The highest BCUT2D eigenvalue weighted by Gasteiger charge is 2.32. The van der Waals surface area contributed by atoms with Gasteiger partial charge in [0, 0.05) is 13.1 Å². The van der Waals surface area contributed by atoms with Gasteiger partial charge in [-0.1, -0.05) is 6.92 Å². The molecule has 1 fully saturated rings. The molecule has 0 bridgehead atoms. The summed E-state index contributed by atoms with van der Waals surface area (Å²) >= 11 is 0. The fourth-order valence-corrected chi connectivity index (χ4v) is 1.59. The molecule has 1 aliphatic heterocycles. The minimum Gasteiger partial charge on any atom is -0.390 e. The van der Waals surface area contributed by atoms with Crippen molar-refractivity contribution in [1.29, 1.82) is 0 Å². The van der Waals surface area contributed by atoms with E-state index in [-0.39, 0.29) is 0 Å². The molecule has 1 rings (SSSR count). The molecule has 0 unspecified atom stereocenters. The molecule has 3 heteroatoms. The number of hydrogen-bond acceptors (Lipinski definition) is 3. The standard InChI is InChI=1S/C9H19NO2/c1-3-10-6-4-8(11)9(2,12)5-7-10/h8,11-12H,3-7H2,1-2H3/t8-,9-/m1/s1. The van der Waals surface area contributed by atoms with Crippen molar-refractivity contribution < 1.29 is 10.2 Å². The second-order valence-corrected chi connectivity index (χ2v) is 3.85. The number of rotatable bonds is 1. The molecule has 2 N–H and O–H groups in total. The van der Waals surface area contributed by atoms with Crippen LogP contribution in [0.15, 0.2) is 0 Å². The molecule has 2 atom stereocenters. The van der Waals surface area contributed by atoms with Crippen LogP contribution in [0.25, 0.3) is 0 Å². The minimum atomic E-state index is -0.885. The van der Waals surface area contributed by atoms with Crippen LogP contribution in [0.1, 0.15) is 26.7 Å². The zero-order valence-corrected chi connectivity index (χ0v) is 7.95. The van der Waals surface area contributed by atoms with Crippen LogP contribution >= 0.6 is 0 Å². The summed E-state index contributed by atoms with van der Waals surface area (Å²) in [5.41, 5.74) is -0.885. The topological polar surface area (TPSA) is 43.7 Å². The molecule has 72 valence electrons. The van der Waals surface area contributed by atoms with Crippen molar-refractivity contribution in [3.63, 3.8) is 0 Å². The van der Waals surface area contributed by atoms with E-state index in [1.807, 2.05) is 0 Å². The van der Waals surface area contributed by atoms with Crippen LogP contribution in [0, 0.1) is 0 Å². The summed E-state index contributed by atoms with van der Waals surface area (Å²) in [5.74, 6) is 0. The van der Waals surface area contributed by atoms with Gasteiger partial charge in [0.25, 0.3) is 0 Å². The predicted octanol–water partition coefficient (Wildman–Crippen LogP) is 0.214. The Bertz CT molecular complexity index is 147. The zero-order chi connectivity index (χ0) is 9.19. The molecular formula is C9H19NO2. The van der Waals surface area contributed by atoms with Crippen molar-refractivity contribution in [2.45, 2.75) is 38.4 Å². The maximum Gasteiger partial charge on any atom is 0.0890 e. The van der Waals surface area contributed by atoms with E-state index in [0.717, 1.165) is 19.6 Å². The summed E-state index contributed by atoms with van der Waals surface area (Å²) in [5, 5.41) is 19.3. The molecule has 1 saturated heterocycles. The SMILES string of the molecule is CCN1CC[C@@H](O)[C@](C)(O)CC1. The van der Waals surface area contributed by atoms with Gasteiger partial charge in [0.1, 0.15) is 0 Å². The highest BCUT2D eigenvalue weighted by atomic mass is 16.3. The summed E-state index contributed by atoms with van der Waals surface area (Å²) in [6.45, 7) is 6.61. The third-order valence-electron chi connectivity index (χ3n) is 2.82. The Labute approximate surface area is 74.0 Å². The second-order valence-electron chi connectivity index (χ2n) is 3.85. The van der Waals surface area contributed by atoms with Gasteiger partial charge in [-0.3, -0.25) is 0 Å². The van der Waals surface area contributed by atoms with Gasteiger partial charge < -0.3 is 15.1 Å². The van der Waals surface area contributed by atoms with Crippen LogP contribution < -0.4 is 0 Å². The van der Waals surface area contributed by atoms with Gasteiger partial charge in [0.05, 0.1) is 11.7 Å². The quantitative estimate of drug-likeness (QED) is 0.596. The summed E-state index contributed by atoms with van der Waals surface area (Å²) in [6, 6.07) is 0. The van der Waals surface area contributed by atoms with Crippen LogP contribution in [0.4, 0.5) is 0 Å². The van der Waals surface area contributed by atoms with Crippen molar-refractivity contribution in [1.82, 2.24) is 4.90 Å². The summed E-state index contributed by atoms with van der Waals surface area (Å²) in [7, 11) is 0. The van der Waals surface area contributed by atoms with E-state index in [1.165, 1.54) is 0 Å². The van der Waals surface area contributed by atoms with Crippen LogP contribution in [0.5, 0.6) is 0 Å². The van der Waals surface area contributed by atoms with Crippen molar-refractivity contribution in [3.05, 3.63) is 0 Å². The fourth-order valence-electron chi connectivity index (χ4n) is 1.59. The number of aliphatic hydroxyl groups is 2. The van der Waals surface area contributed by atoms with Gasteiger partial charge in [0.15, 0.2) is 0 Å². The number of aliphatic hydroxyl groups excluding tert-OH is 1. The van der Waals surface area contributed by atoms with Crippen molar-refractivity contribution in [2.24, 2.45) is 0 Å². The van der Waals surface area contributed by atoms with E-state index in [2.05, 4.69) is 11.8 Å². The Morgan fingerprint density at radius 3 is 2.75 bits per heavy atom. The predicted molar refractivity (Wildman–Crippen MR) is 48.0 cm³/mol. The molecule has 1 aliphatic rings. The monoisotopic (exact) mass is 173 g/mol. The van der Waals surface area contributed by atoms with Crippen molar-refractivity contribution in [2.75, 3.05) is 19.6 Å². The summed E-state index contributed by atoms with van der Waals surface area (Å²) in [6.07, 6.45) is 0.789. The molecule has 0 amide bonds. The maximum absolute atomic E-state index is 9.76. The maximum atomic E-state index is 9.76. The molecule has 0 aromatic rings. The van der Waals surface area contributed by atoms with E-state index in [1.54, 1.807) is 6.92 Å². The van der Waals surface area contributed by atoms with E-state index in [0.29, 0.717) is 12.8 Å². The highest BCUT2D eigenvalue weighted by Crippen LogP contribution is 2.21. The Balaban J connectivity index is 2.53. The van der Waals surface area contributed by atoms with Crippen molar-refractivity contribution >= 4 is 0 Å². The Morgan fingerprint density at radius 2 is 2.17 bits per heavy atom. The van der Waals surface area contributed by atoms with Crippen LogP contribution in [-0.2, 0) is 0 Å². The lowest BCUT2D eigenvalue weighted by molar-refractivity contribution is -0.0623. The average Bonchev–Trinajstić information content (AvgIpc) is 2.14. The zero-order valence-electron chi connectivity index (χ0n) is 7.95. The summed E-state index contributed by atoms with van der Waals surface area (Å²) < 4.78 is 0. The van der Waals surface area contributed by atoms with E-state index < -0.39 is 11.7 Å². The van der Waals surface area contributed by atoms with Crippen molar-refractivity contribution in [3.8, 4) is 0 Å². The Kier molecular flexibility index (Phi) is 3.09. The molecule has 0 radical (unpaired) electrons. The number of likely N-dealkylation sites (tertiary alicyclic amines) is 1. The molecule has 3 nitrogen and oxygen atoms in total. The first kappa shape index (κ1) is 9.96. The Hall–Kier alpha value is -0.120. The van der Waals surface area contributed by atoms with Gasteiger partial charge in [-0.05, 0) is 26.3 Å². The lowest BCUT2D eigenvalue weighted by atomic mass is 9.94. The largest absolute Gasteiger partial charge is 0.390 e. The molecule has 0 aliphatic carbocycles. The molecule has 0 aromatic carbocycles. The third kappa shape index (κ3) is 2.19. The highest BCUT2D eigenvalue weighted by molar-refractivity contribution is 4.86. The molecule has 0 saturated carbocycles. The molecule has 0 aromatic heterocycles. The lowest BCUT2D eigenvalue weighted by Crippen LogP contribution is -2.38. The first-order chi connectivity index (χ1) is 5.56. The molecular weight excluding hydrogens is 154 g/mol. The van der Waals surface area contributed by atoms with E-state index >= 15 is 0 Å². The Morgan fingerprint density at radius 1 is 1.50 bits per heavy atom. The smallest absolute Gasteiger partial charge is 0.0890 e. The van der Waals surface area contributed by atoms with Crippen LogP contribution in [0.2, 0.25) is 0 Å². The fraction of sp³-hybridized carbons (Fsp3) is 1.00. The van der Waals surface area contributed by atoms with Crippen LogP contribution in [-0.4, -0.2) is 46.5 Å². The average molecular weight is 173 g/mol. The van der Waals surface area contributed by atoms with Gasteiger partial charge in [-0.15, -0.1) is 0 Å². The first-order valence-corrected chi connectivity index (χ1v) is 4.69. The van der Waals surface area contributed by atoms with E-state index in [4.69, 9.17) is 0 Å². The number of hydrogen-bond donors (Lipinski definition) is 2. The molecule has 12 heavy (non-hydrogen) atoms. The second kappa shape index (κ2) is 3.73. The third-order valence-corrected chi connectivity index (χ3v) is 2.82. The molecule has 0 spiro atoms. The normalized spacial score (nSPS) is 39.5. The first-order valence-electron chi connectivity index (χ1n) is 4.69. The number of nitrogens with zero attached hydrogens (tertiary/aromatic N) is 1. The van der Waals surface area contributed by atoms with Gasteiger partial charge in [-0.25, -0.2) is 0 Å². The lowest BCUT2D eigenvalue weighted by Gasteiger charge is -2.26. The van der Waals surface area contributed by atoms with E-state index in [9.17, 15) is 10.2 Å². The minimum absolute atomic E-state index is 0.561. The van der Waals surface area contributed by atoms with Crippen LogP contribution in [0.3, 0.4) is 0 Å². The van der Waals surface area contributed by atoms with Gasteiger partial charge in [0.2, 0.25) is 0 Å². The molecule has 1 heterocycles. The van der Waals surface area contributed by atoms with Gasteiger partial charge in [-0.2, -0.15) is 0 Å². The van der Waals surface area contributed by atoms with Gasteiger partial charge >= 0.3 is 0 Å².